The summed E-state index contributed by atoms with van der Waals surface area (Å²) in [6.07, 6.45) is -8.75. The number of unbranched alkanes of at least 4 members (excludes halogenated alkanes) is 1. The summed E-state index contributed by atoms with van der Waals surface area (Å²) in [5, 5.41) is 114. The number of carboxylic acid groups (broad SMARTS) is 3. The zero-order chi connectivity index (χ0) is 97.7. The molecule has 0 aromatic heterocycles. The Balaban J connectivity index is 1.52. The van der Waals surface area contributed by atoms with Crippen LogP contribution in [0.1, 0.15) is 187 Å². The molecule has 131 heavy (non-hydrogen) atoms. The molecule has 0 unspecified atom stereocenters. The second-order valence-electron chi connectivity index (χ2n) is 34.3. The zero-order valence-electron chi connectivity index (χ0n) is 75.5. The molecule has 1 saturated heterocycles. The number of amides is 9. The van der Waals surface area contributed by atoms with Crippen LogP contribution in [0, 0.1) is 53.3 Å². The van der Waals surface area contributed by atoms with Crippen LogP contribution in [-0.2, 0) is 106 Å². The first-order valence-corrected chi connectivity index (χ1v) is 45.5. The number of phenols is 2. The Morgan fingerprint density at radius 2 is 0.939 bits per heavy atom. The number of aliphatic hydroxyl groups is 4. The third-order valence-electron chi connectivity index (χ3n) is 22.8. The van der Waals surface area contributed by atoms with E-state index in [9.17, 15) is 137 Å². The van der Waals surface area contributed by atoms with Crippen molar-refractivity contribution in [1.29, 1.82) is 0 Å². The van der Waals surface area contributed by atoms with E-state index in [0.717, 1.165) is 32.0 Å². The number of benzene rings is 3. The molecular weight excluding hydrogens is 1730 g/mol. The average molecular weight is 1860 g/mol. The fourth-order valence-corrected chi connectivity index (χ4v) is 15.7. The predicted octanol–water partition coefficient (Wildman–Crippen LogP) is 2.48. The molecule has 3 aromatic carbocycles. The first-order valence-electron chi connectivity index (χ1n) is 44.4. The summed E-state index contributed by atoms with van der Waals surface area (Å²) in [7, 11) is 0. The van der Waals surface area contributed by atoms with Crippen LogP contribution < -0.4 is 48.3 Å². The molecule has 1 aliphatic heterocycles. The van der Waals surface area contributed by atoms with Gasteiger partial charge in [0.2, 0.25) is 41.4 Å². The van der Waals surface area contributed by atoms with E-state index in [1.807, 2.05) is 0 Å². The lowest BCUT2D eigenvalue weighted by molar-refractivity contribution is -0.143. The molecule has 3 aromatic rings. The summed E-state index contributed by atoms with van der Waals surface area (Å²) in [4.78, 5) is 261. The van der Waals surface area contributed by atoms with E-state index < -0.39 is 280 Å². The molecule has 9 amide bonds. The van der Waals surface area contributed by atoms with Crippen molar-refractivity contribution in [2.24, 2.45) is 59.0 Å². The Kier molecular flexibility index (Phi) is 50.0. The summed E-state index contributed by atoms with van der Waals surface area (Å²) in [6.45, 7) is 9.68. The molecule has 0 bridgehead atoms. The number of nitrogens with one attached hydrogen (secondary N) is 8. The molecular formula is C92H132N10O28S. The molecule has 16 atom stereocenters. The van der Waals surface area contributed by atoms with E-state index in [4.69, 9.17) is 5.73 Å². The smallest absolute Gasteiger partial charge is 0.317 e. The number of thioether (sulfide) groups is 1. The third kappa shape index (κ3) is 41.8. The van der Waals surface area contributed by atoms with Gasteiger partial charge in [-0.2, -0.15) is 0 Å². The van der Waals surface area contributed by atoms with Crippen molar-refractivity contribution in [2.45, 2.75) is 238 Å². The quantitative estimate of drug-likeness (QED) is 0.0361. The van der Waals surface area contributed by atoms with E-state index in [0.29, 0.717) is 63.0 Å². The maximum absolute atomic E-state index is 14.8. The number of aromatic hydroxyl groups is 2. The van der Waals surface area contributed by atoms with Crippen LogP contribution in [0.3, 0.4) is 0 Å². The fourth-order valence-electron chi connectivity index (χ4n) is 14.9. The Hall–Kier alpha value is -11.3. The van der Waals surface area contributed by atoms with E-state index in [1.54, 1.807) is 69.9 Å². The lowest BCUT2D eigenvalue weighted by Gasteiger charge is -2.28. The number of aliphatic carboxylic acids is 3. The van der Waals surface area contributed by atoms with Crippen LogP contribution in [0.25, 0.3) is 0 Å². The van der Waals surface area contributed by atoms with Gasteiger partial charge < -0.3 is 99.1 Å². The summed E-state index contributed by atoms with van der Waals surface area (Å²) in [5.41, 5.74) is 6.78. The Labute approximate surface area is 765 Å². The van der Waals surface area contributed by atoms with Crippen molar-refractivity contribution < 1.29 is 137 Å². The monoisotopic (exact) mass is 1860 g/mol. The number of rotatable bonds is 67. The molecule has 4 rings (SSSR count). The molecule has 19 N–H and O–H groups in total. The highest BCUT2D eigenvalue weighted by molar-refractivity contribution is 8.00. The summed E-state index contributed by atoms with van der Waals surface area (Å²) < 4.78 is 0. The standard InChI is InChI=1S/C92H132N10O28S/c1-8-53(4)84(80(116)41-61(35-58-20-25-65(107)26-21-58)87(125)97-72(34-52(2)3)76(112)39-62(43-82(119)120)86(124)96-54(5)16-12-13-30-93)101-89(127)64(48-103)42-77(113)73(37-59-22-27-66(108)28-23-59)98-88(126)63(44-83(121)122)40-78(114)75(49-104)100-91(129)71(56(7)106)46-79(115)74(36-57-17-10-9-11-18-57)99-90(128)70(55(6)105)45-68(110)47-95-85(123)60(24-29-81(117)118)38-69(111)51-131-50-67(109)19-14-32-102-33-15-31-94-92(102)130/h9-11,17-18,20-23,25-28,52-56,60-64,70-75,84,103-108H,8,12-16,19,24,29-51,93H2,1-7H3,(H,94,130)(H,95,123)(H,96,124)(H,97,125)(H,98,126)(H,99,128)(H,100,129)(H,101,127)(H,117,118)(H,119,120)(H,121,122)/t53-,54+,55+,56+,60+,61+,62-,63-,64-,70-,71-,72-,73-,74-,75-,84-/m0/s1. The second kappa shape index (κ2) is 58.5. The second-order valence-corrected chi connectivity index (χ2v) is 35.3. The van der Waals surface area contributed by atoms with Gasteiger partial charge >= 0.3 is 23.9 Å². The number of carboxylic acids is 3. The van der Waals surface area contributed by atoms with Gasteiger partial charge in [-0.15, -0.1) is 11.8 Å². The number of aliphatic hydroxyl groups excluding tert-OH is 4. The Bertz CT molecular complexity index is 4340. The van der Waals surface area contributed by atoms with Crippen molar-refractivity contribution in [3.63, 3.8) is 0 Å². The van der Waals surface area contributed by atoms with Crippen molar-refractivity contribution in [2.75, 3.05) is 57.4 Å². The summed E-state index contributed by atoms with van der Waals surface area (Å²) in [6, 6.07) is 10.2. The van der Waals surface area contributed by atoms with Crippen LogP contribution in [0.15, 0.2) is 78.9 Å². The molecule has 724 valence electrons. The maximum Gasteiger partial charge on any atom is 0.317 e. The Morgan fingerprint density at radius 1 is 0.458 bits per heavy atom. The van der Waals surface area contributed by atoms with Gasteiger partial charge in [0.05, 0.1) is 110 Å². The van der Waals surface area contributed by atoms with Gasteiger partial charge in [0.15, 0.2) is 34.7 Å². The number of hydrogen-bond acceptors (Lipinski definition) is 27. The summed E-state index contributed by atoms with van der Waals surface area (Å²) in [5.74, 6) is -29.7. The number of urea groups is 1. The minimum absolute atomic E-state index is 0.0257. The normalized spacial score (nSPS) is 15.7. The fraction of sp³-hybridized carbons (Fsp3) is 0.598. The molecule has 0 saturated carbocycles. The number of hydrogen-bond donors (Lipinski definition) is 18. The van der Waals surface area contributed by atoms with Crippen LogP contribution in [0.2, 0.25) is 0 Å². The highest BCUT2D eigenvalue weighted by Gasteiger charge is 2.41. The van der Waals surface area contributed by atoms with Crippen LogP contribution >= 0.6 is 11.8 Å². The number of phenolic OH excluding ortho intramolecular Hbond substituents is 2. The average Bonchev–Trinajstić information content (AvgIpc) is 0.834. The highest BCUT2D eigenvalue weighted by atomic mass is 32.2. The van der Waals surface area contributed by atoms with Gasteiger partial charge in [-0.25, -0.2) is 4.79 Å². The molecule has 0 aliphatic carbocycles. The lowest BCUT2D eigenvalue weighted by Crippen LogP contribution is -2.52. The molecule has 39 heteroatoms. The third-order valence-corrected chi connectivity index (χ3v) is 23.8. The molecule has 1 fully saturated rings. The van der Waals surface area contributed by atoms with Crippen molar-refractivity contribution in [1.82, 2.24) is 47.4 Å². The van der Waals surface area contributed by atoms with Crippen molar-refractivity contribution in [3.05, 3.63) is 95.6 Å². The van der Waals surface area contributed by atoms with Crippen LogP contribution in [0.4, 0.5) is 4.79 Å². The number of carbonyl (C=O) groups is 19. The Morgan fingerprint density at radius 3 is 1.47 bits per heavy atom. The van der Waals surface area contributed by atoms with E-state index >= 15 is 0 Å². The van der Waals surface area contributed by atoms with E-state index in [1.165, 1.54) is 48.5 Å². The van der Waals surface area contributed by atoms with Gasteiger partial charge in [-0.1, -0.05) is 95.1 Å². The SMILES string of the molecule is CC[C@H](C)[C@H](NC(=O)[C@H](CO)CC(=O)[C@H](Cc1ccc(O)cc1)NC(=O)[C@H](CC(=O)O)CC(=O)[C@H](CO)NC(=O)[C@@H](CC(=O)[C@H](Cc1ccccc1)NC(=O)[C@@H](CC(=O)CNC(=O)[C@H](CCC(=O)O)CC(=O)CSCC(=O)CCCN1CCCNC1=O)[C@@H](C)O)[C@@H](C)O)C(=O)C[C@@H](Cc1ccc(O)cc1)C(=O)N[C@@H](CC(C)C)C(=O)C[C@@H](CC(=O)O)C(=O)N[C@H](C)CCCCN. The molecule has 0 spiro atoms. The zero-order valence-corrected chi connectivity index (χ0v) is 76.3. The topological polar surface area (TPSA) is 632 Å². The van der Waals surface area contributed by atoms with Crippen LogP contribution in [0.5, 0.6) is 11.5 Å². The number of ketones is 8. The van der Waals surface area contributed by atoms with Gasteiger partial charge in [0.25, 0.3) is 0 Å². The van der Waals surface area contributed by atoms with E-state index in [-0.39, 0.29) is 90.9 Å². The van der Waals surface area contributed by atoms with Crippen molar-refractivity contribution in [3.8, 4) is 11.5 Å². The molecule has 0 radical (unpaired) electrons. The van der Waals surface area contributed by atoms with Gasteiger partial charge in [-0.3, -0.25) is 86.3 Å². The van der Waals surface area contributed by atoms with Crippen LogP contribution in [-0.4, -0.2) is 268 Å². The van der Waals surface area contributed by atoms with Gasteiger partial charge in [-0.05, 0) is 138 Å². The highest BCUT2D eigenvalue weighted by Crippen LogP contribution is 2.27. The summed E-state index contributed by atoms with van der Waals surface area (Å²) >= 11 is 0.997. The minimum Gasteiger partial charge on any atom is -0.508 e. The number of Topliss-reactive ketones (excluding diaryl/α,β-unsaturated/α-hetero) is 8. The minimum atomic E-state index is -1.99. The largest absolute Gasteiger partial charge is 0.508 e. The molecule has 1 heterocycles. The molecule has 1 aliphatic rings. The number of nitrogens with zero attached hydrogens (tertiary/aromatic N) is 1. The van der Waals surface area contributed by atoms with Gasteiger partial charge in [0.1, 0.15) is 29.1 Å². The number of carbonyl (C=O) groups excluding carboxylic acids is 16. The molecule has 38 nitrogen and oxygen atoms in total. The van der Waals surface area contributed by atoms with Crippen molar-refractivity contribution >= 4 is 123 Å². The predicted molar refractivity (Wildman–Crippen MR) is 478 cm³/mol. The van der Waals surface area contributed by atoms with E-state index in [2.05, 4.69) is 42.5 Å². The van der Waals surface area contributed by atoms with Gasteiger partial charge in [0, 0.05) is 95.3 Å². The maximum atomic E-state index is 14.8. The first-order chi connectivity index (χ1) is 61.9. The number of nitrogens with two attached hydrogens (primary N) is 1. The first kappa shape index (κ1) is 112. The lowest BCUT2D eigenvalue weighted by atomic mass is 9.85.